The summed E-state index contributed by atoms with van der Waals surface area (Å²) in [5, 5.41) is 0.145. The summed E-state index contributed by atoms with van der Waals surface area (Å²) in [6.45, 7) is 6.92. The third-order valence-corrected chi connectivity index (χ3v) is 6.90. The van der Waals surface area contributed by atoms with Gasteiger partial charge in [-0.15, -0.1) is 0 Å². The van der Waals surface area contributed by atoms with E-state index in [4.69, 9.17) is 0 Å². The number of hydrogen-bond donors (Lipinski definition) is 0. The van der Waals surface area contributed by atoms with Crippen molar-refractivity contribution in [1.29, 1.82) is 0 Å². The quantitative estimate of drug-likeness (QED) is 0.773. The van der Waals surface area contributed by atoms with E-state index in [1.807, 2.05) is 40.9 Å². The summed E-state index contributed by atoms with van der Waals surface area (Å²) < 4.78 is 29.3. The van der Waals surface area contributed by atoms with E-state index < -0.39 is 10.0 Å². The normalized spacial score (nSPS) is 16.8. The number of anilines is 1. The molecule has 0 unspecified atom stereocenters. The van der Waals surface area contributed by atoms with Crippen LogP contribution >= 0.6 is 0 Å². The monoisotopic (exact) mass is 392 g/mol. The second kappa shape index (κ2) is 7.55. The summed E-state index contributed by atoms with van der Waals surface area (Å²) >= 11 is 0. The average molecular weight is 393 g/mol. The summed E-state index contributed by atoms with van der Waals surface area (Å²) in [7, 11) is 0.283. The molecule has 3 rings (SSSR count). The Morgan fingerprint density at radius 2 is 1.89 bits per heavy atom. The second-order valence-electron chi connectivity index (χ2n) is 7.47. The van der Waals surface area contributed by atoms with E-state index in [-0.39, 0.29) is 17.0 Å². The molecule has 1 aliphatic heterocycles. The SMILES string of the molecule is Cc1cc(N(C)C2CCN(S(=O)(=O)c3cn(C)c(C(C)C)n3)CC2)ncn1. The van der Waals surface area contributed by atoms with Crippen molar-refractivity contribution in [3.63, 3.8) is 0 Å². The molecule has 0 saturated carbocycles. The first-order valence-electron chi connectivity index (χ1n) is 9.25. The highest BCUT2D eigenvalue weighted by Crippen LogP contribution is 2.25. The van der Waals surface area contributed by atoms with Crippen LogP contribution in [0.5, 0.6) is 0 Å². The van der Waals surface area contributed by atoms with Gasteiger partial charge in [-0.3, -0.25) is 0 Å². The van der Waals surface area contributed by atoms with Crippen LogP contribution in [0, 0.1) is 6.92 Å². The molecule has 3 heterocycles. The van der Waals surface area contributed by atoms with Crippen molar-refractivity contribution in [1.82, 2.24) is 23.8 Å². The van der Waals surface area contributed by atoms with Gasteiger partial charge in [-0.25, -0.2) is 23.4 Å². The summed E-state index contributed by atoms with van der Waals surface area (Å²) in [5.74, 6) is 1.83. The maximum Gasteiger partial charge on any atom is 0.262 e. The van der Waals surface area contributed by atoms with Crippen molar-refractivity contribution in [2.45, 2.75) is 50.6 Å². The molecule has 8 nitrogen and oxygen atoms in total. The number of sulfonamides is 1. The van der Waals surface area contributed by atoms with Crippen LogP contribution in [0.4, 0.5) is 5.82 Å². The van der Waals surface area contributed by atoms with Crippen molar-refractivity contribution >= 4 is 15.8 Å². The molecule has 0 bridgehead atoms. The maximum absolute atomic E-state index is 13.0. The summed E-state index contributed by atoms with van der Waals surface area (Å²) in [6.07, 6.45) is 4.69. The molecule has 1 aliphatic rings. The van der Waals surface area contributed by atoms with Gasteiger partial charge in [-0.2, -0.15) is 4.31 Å². The third kappa shape index (κ3) is 3.98. The smallest absolute Gasteiger partial charge is 0.262 e. The molecule has 2 aromatic heterocycles. The highest BCUT2D eigenvalue weighted by atomic mass is 32.2. The van der Waals surface area contributed by atoms with Gasteiger partial charge in [0, 0.05) is 57.1 Å². The molecule has 27 heavy (non-hydrogen) atoms. The molecule has 0 aromatic carbocycles. The van der Waals surface area contributed by atoms with E-state index in [2.05, 4.69) is 19.9 Å². The molecule has 0 radical (unpaired) electrons. The zero-order valence-corrected chi connectivity index (χ0v) is 17.4. The lowest BCUT2D eigenvalue weighted by atomic mass is 10.1. The standard InChI is InChI=1S/C18H28N6O2S/c1-13(2)18-21-17(11-22(18)4)27(25,26)24-8-6-15(7-9-24)23(5)16-10-14(3)19-12-20-16/h10-13,15H,6-9H2,1-5H3. The van der Waals surface area contributed by atoms with E-state index in [0.29, 0.717) is 13.1 Å². The zero-order valence-electron chi connectivity index (χ0n) is 16.6. The predicted octanol–water partition coefficient (Wildman–Crippen LogP) is 1.93. The average Bonchev–Trinajstić information content (AvgIpc) is 3.04. The molecule has 0 atom stereocenters. The molecule has 0 aliphatic carbocycles. The lowest BCUT2D eigenvalue weighted by Crippen LogP contribution is -2.45. The summed E-state index contributed by atoms with van der Waals surface area (Å²) in [6, 6.07) is 2.20. The molecule has 1 fully saturated rings. The Labute approximate surface area is 161 Å². The molecular weight excluding hydrogens is 364 g/mol. The minimum atomic E-state index is -3.56. The second-order valence-corrected chi connectivity index (χ2v) is 9.35. The first-order valence-corrected chi connectivity index (χ1v) is 10.7. The third-order valence-electron chi connectivity index (χ3n) is 5.13. The minimum Gasteiger partial charge on any atom is -0.356 e. The van der Waals surface area contributed by atoms with Crippen LogP contribution in [-0.2, 0) is 17.1 Å². The molecule has 0 amide bonds. The fourth-order valence-corrected chi connectivity index (χ4v) is 4.99. The van der Waals surface area contributed by atoms with Crippen molar-refractivity contribution in [3.8, 4) is 0 Å². The number of aryl methyl sites for hydroxylation is 2. The predicted molar refractivity (Wildman–Crippen MR) is 104 cm³/mol. The molecule has 9 heteroatoms. The van der Waals surface area contributed by atoms with Crippen molar-refractivity contribution in [2.24, 2.45) is 7.05 Å². The first kappa shape index (κ1) is 19.8. The van der Waals surface area contributed by atoms with Crippen LogP contribution in [0.2, 0.25) is 0 Å². The topological polar surface area (TPSA) is 84.2 Å². The molecule has 0 spiro atoms. The number of aromatic nitrogens is 4. The van der Waals surface area contributed by atoms with Gasteiger partial charge in [-0.05, 0) is 19.8 Å². The maximum atomic E-state index is 13.0. The van der Waals surface area contributed by atoms with Gasteiger partial charge in [0.2, 0.25) is 0 Å². The summed E-state index contributed by atoms with van der Waals surface area (Å²) in [5.41, 5.74) is 0.919. The lowest BCUT2D eigenvalue weighted by molar-refractivity contribution is 0.313. The van der Waals surface area contributed by atoms with Crippen LogP contribution in [0.3, 0.4) is 0 Å². The number of rotatable bonds is 5. The largest absolute Gasteiger partial charge is 0.356 e. The van der Waals surface area contributed by atoms with Crippen molar-refractivity contribution in [2.75, 3.05) is 25.0 Å². The first-order chi connectivity index (χ1) is 12.7. The fourth-order valence-electron chi connectivity index (χ4n) is 3.54. The van der Waals surface area contributed by atoms with Crippen LogP contribution < -0.4 is 4.90 Å². The highest BCUT2D eigenvalue weighted by molar-refractivity contribution is 7.89. The van der Waals surface area contributed by atoms with Crippen LogP contribution in [0.15, 0.2) is 23.6 Å². The Morgan fingerprint density at radius 3 is 2.44 bits per heavy atom. The van der Waals surface area contributed by atoms with Gasteiger partial charge in [-0.1, -0.05) is 13.8 Å². The van der Waals surface area contributed by atoms with Gasteiger partial charge >= 0.3 is 0 Å². The minimum absolute atomic E-state index is 0.145. The van der Waals surface area contributed by atoms with Crippen LogP contribution in [0.1, 0.15) is 44.1 Å². The highest BCUT2D eigenvalue weighted by Gasteiger charge is 2.33. The Kier molecular flexibility index (Phi) is 5.53. The Bertz CT molecular complexity index is 900. The van der Waals surface area contributed by atoms with E-state index >= 15 is 0 Å². The van der Waals surface area contributed by atoms with Gasteiger partial charge in [0.15, 0.2) is 5.03 Å². The van der Waals surface area contributed by atoms with Crippen molar-refractivity contribution < 1.29 is 8.42 Å². The van der Waals surface area contributed by atoms with Gasteiger partial charge in [0.05, 0.1) is 0 Å². The van der Waals surface area contributed by atoms with Crippen LogP contribution in [0.25, 0.3) is 0 Å². The van der Waals surface area contributed by atoms with E-state index in [1.54, 1.807) is 21.4 Å². The lowest BCUT2D eigenvalue weighted by Gasteiger charge is -2.36. The number of imidazole rings is 1. The van der Waals surface area contributed by atoms with Gasteiger partial charge < -0.3 is 9.47 Å². The molecule has 0 N–H and O–H groups in total. The van der Waals surface area contributed by atoms with Crippen molar-refractivity contribution in [3.05, 3.63) is 30.1 Å². The van der Waals surface area contributed by atoms with E-state index in [0.717, 1.165) is 30.2 Å². The number of piperidine rings is 1. The zero-order chi connectivity index (χ0) is 19.8. The molecule has 2 aromatic rings. The Morgan fingerprint density at radius 1 is 1.22 bits per heavy atom. The number of nitrogens with zero attached hydrogens (tertiary/aromatic N) is 6. The van der Waals surface area contributed by atoms with E-state index in [9.17, 15) is 8.42 Å². The Balaban J connectivity index is 1.70. The van der Waals surface area contributed by atoms with Gasteiger partial charge in [0.1, 0.15) is 18.0 Å². The fraction of sp³-hybridized carbons (Fsp3) is 0.611. The molecular formula is C18H28N6O2S. The Hall–Kier alpha value is -2.00. The number of hydrogen-bond acceptors (Lipinski definition) is 6. The van der Waals surface area contributed by atoms with Gasteiger partial charge in [0.25, 0.3) is 10.0 Å². The summed E-state index contributed by atoms with van der Waals surface area (Å²) in [4.78, 5) is 15.0. The molecule has 148 valence electrons. The molecule has 1 saturated heterocycles. The van der Waals surface area contributed by atoms with Crippen LogP contribution in [-0.4, -0.2) is 58.4 Å². The van der Waals surface area contributed by atoms with E-state index in [1.165, 1.54) is 0 Å².